The van der Waals surface area contributed by atoms with Gasteiger partial charge in [0.15, 0.2) is 0 Å². The third kappa shape index (κ3) is 3.98. The molecular formula is C19H25N3O2S2. The van der Waals surface area contributed by atoms with E-state index in [4.69, 9.17) is 4.42 Å². The Labute approximate surface area is 162 Å². The van der Waals surface area contributed by atoms with E-state index in [9.17, 15) is 4.79 Å². The number of hydrogen-bond acceptors (Lipinski definition) is 6. The van der Waals surface area contributed by atoms with E-state index in [2.05, 4.69) is 30.1 Å². The molecule has 2 aromatic heterocycles. The van der Waals surface area contributed by atoms with Gasteiger partial charge in [-0.1, -0.05) is 25.6 Å². The molecular weight excluding hydrogens is 366 g/mol. The largest absolute Gasteiger partial charge is 0.410 e. The molecule has 0 radical (unpaired) electrons. The van der Waals surface area contributed by atoms with E-state index in [0.717, 1.165) is 43.1 Å². The second-order valence-corrected chi connectivity index (χ2v) is 9.72. The van der Waals surface area contributed by atoms with Crippen LogP contribution in [0.4, 0.5) is 0 Å². The van der Waals surface area contributed by atoms with Crippen molar-refractivity contribution in [2.24, 2.45) is 11.8 Å². The van der Waals surface area contributed by atoms with Crippen molar-refractivity contribution < 1.29 is 9.21 Å². The van der Waals surface area contributed by atoms with E-state index in [-0.39, 0.29) is 5.91 Å². The standard InChI is InChI=1S/C19H25N3O2S2/c1-12-5-6-15-14(8-12)9-16(26-15)18-20-21-19(24-18)25-11-17(23)22-7-3-4-13(2)10-22/h9,12-13H,3-8,10-11H2,1-2H3/t12-,13+/m0/s1. The Hall–Kier alpha value is -1.34. The zero-order valence-electron chi connectivity index (χ0n) is 15.4. The van der Waals surface area contributed by atoms with Crippen molar-refractivity contribution in [2.75, 3.05) is 18.8 Å². The van der Waals surface area contributed by atoms with Crippen molar-refractivity contribution in [3.05, 3.63) is 16.5 Å². The second-order valence-electron chi connectivity index (χ2n) is 7.66. The molecule has 1 saturated heterocycles. The van der Waals surface area contributed by atoms with Crippen molar-refractivity contribution in [1.29, 1.82) is 0 Å². The Bertz CT molecular complexity index is 786. The van der Waals surface area contributed by atoms with Gasteiger partial charge in [0.1, 0.15) is 0 Å². The summed E-state index contributed by atoms with van der Waals surface area (Å²) in [5, 5.41) is 8.81. The maximum absolute atomic E-state index is 12.4. The van der Waals surface area contributed by atoms with Crippen LogP contribution in [-0.4, -0.2) is 39.8 Å². The molecule has 1 aliphatic carbocycles. The molecule has 2 aliphatic rings. The van der Waals surface area contributed by atoms with Gasteiger partial charge >= 0.3 is 0 Å². The highest BCUT2D eigenvalue weighted by Crippen LogP contribution is 2.37. The number of aryl methyl sites for hydroxylation is 1. The maximum Gasteiger partial charge on any atom is 0.277 e. The number of thiophene rings is 1. The van der Waals surface area contributed by atoms with Gasteiger partial charge in [0.2, 0.25) is 5.91 Å². The fraction of sp³-hybridized carbons (Fsp3) is 0.632. The number of carbonyl (C=O) groups excluding carboxylic acids is 1. The summed E-state index contributed by atoms with van der Waals surface area (Å²) in [7, 11) is 0. The number of carbonyl (C=O) groups is 1. The number of nitrogens with zero attached hydrogens (tertiary/aromatic N) is 3. The van der Waals surface area contributed by atoms with Gasteiger partial charge in [0.05, 0.1) is 10.6 Å². The van der Waals surface area contributed by atoms with E-state index in [1.807, 2.05) is 4.90 Å². The average molecular weight is 392 g/mol. The average Bonchev–Trinajstić information content (AvgIpc) is 3.25. The lowest BCUT2D eigenvalue weighted by atomic mass is 9.90. The quantitative estimate of drug-likeness (QED) is 0.728. The fourth-order valence-electron chi connectivity index (χ4n) is 3.81. The smallest absolute Gasteiger partial charge is 0.277 e. The highest BCUT2D eigenvalue weighted by atomic mass is 32.2. The molecule has 0 unspecified atom stereocenters. The molecule has 0 saturated carbocycles. The van der Waals surface area contributed by atoms with Gasteiger partial charge in [-0.05, 0) is 55.6 Å². The number of piperidine rings is 1. The van der Waals surface area contributed by atoms with Crippen LogP contribution >= 0.6 is 23.1 Å². The minimum atomic E-state index is 0.168. The fourth-order valence-corrected chi connectivity index (χ4v) is 5.61. The summed E-state index contributed by atoms with van der Waals surface area (Å²) in [4.78, 5) is 16.9. The number of aromatic nitrogens is 2. The predicted molar refractivity (Wildman–Crippen MR) is 105 cm³/mol. The molecule has 0 aromatic carbocycles. The predicted octanol–water partition coefficient (Wildman–Crippen LogP) is 4.27. The molecule has 26 heavy (non-hydrogen) atoms. The van der Waals surface area contributed by atoms with E-state index < -0.39 is 0 Å². The molecule has 4 rings (SSSR count). The first-order chi connectivity index (χ1) is 12.6. The molecule has 7 heteroatoms. The lowest BCUT2D eigenvalue weighted by Crippen LogP contribution is -2.40. The van der Waals surface area contributed by atoms with Crippen LogP contribution in [0.3, 0.4) is 0 Å². The van der Waals surface area contributed by atoms with Crippen LogP contribution in [-0.2, 0) is 17.6 Å². The Morgan fingerprint density at radius 1 is 1.35 bits per heavy atom. The summed E-state index contributed by atoms with van der Waals surface area (Å²) in [6.45, 7) is 6.26. The van der Waals surface area contributed by atoms with Crippen molar-refractivity contribution in [1.82, 2.24) is 15.1 Å². The summed E-state index contributed by atoms with van der Waals surface area (Å²) in [5.74, 6) is 2.47. The zero-order chi connectivity index (χ0) is 18.1. The molecule has 1 fully saturated rings. The topological polar surface area (TPSA) is 59.2 Å². The van der Waals surface area contributed by atoms with Gasteiger partial charge in [0.25, 0.3) is 11.1 Å². The van der Waals surface area contributed by atoms with Crippen LogP contribution in [0.15, 0.2) is 15.7 Å². The molecule has 3 heterocycles. The number of amides is 1. The SMILES string of the molecule is C[C@@H]1CCCN(C(=O)CSc2nnc(-c3cc4c(s3)CC[C@H](C)C4)o2)C1. The lowest BCUT2D eigenvalue weighted by molar-refractivity contribution is -0.130. The number of thioether (sulfide) groups is 1. The molecule has 0 bridgehead atoms. The van der Waals surface area contributed by atoms with Crippen LogP contribution in [0.25, 0.3) is 10.8 Å². The van der Waals surface area contributed by atoms with Crippen LogP contribution < -0.4 is 0 Å². The van der Waals surface area contributed by atoms with Crippen LogP contribution in [0.1, 0.15) is 43.6 Å². The highest BCUT2D eigenvalue weighted by molar-refractivity contribution is 7.99. The number of fused-ring (bicyclic) bond motifs is 1. The molecule has 140 valence electrons. The minimum absolute atomic E-state index is 0.168. The van der Waals surface area contributed by atoms with E-state index in [1.165, 1.54) is 35.0 Å². The number of rotatable bonds is 4. The monoisotopic (exact) mass is 391 g/mol. The van der Waals surface area contributed by atoms with Crippen molar-refractivity contribution in [3.8, 4) is 10.8 Å². The summed E-state index contributed by atoms with van der Waals surface area (Å²) in [6, 6.07) is 2.21. The zero-order valence-corrected chi connectivity index (χ0v) is 17.0. The normalized spacial score (nSPS) is 23.1. The second kappa shape index (κ2) is 7.72. The Kier molecular flexibility index (Phi) is 5.36. The number of likely N-dealkylation sites (tertiary alicyclic amines) is 1. The lowest BCUT2D eigenvalue weighted by Gasteiger charge is -2.30. The maximum atomic E-state index is 12.4. The van der Waals surface area contributed by atoms with Gasteiger partial charge in [-0.25, -0.2) is 0 Å². The Morgan fingerprint density at radius 3 is 3.08 bits per heavy atom. The van der Waals surface area contributed by atoms with Gasteiger partial charge in [-0.2, -0.15) is 0 Å². The summed E-state index contributed by atoms with van der Waals surface area (Å²) < 4.78 is 5.81. The van der Waals surface area contributed by atoms with E-state index in [0.29, 0.717) is 22.8 Å². The van der Waals surface area contributed by atoms with Gasteiger partial charge in [0, 0.05) is 18.0 Å². The van der Waals surface area contributed by atoms with Crippen LogP contribution in [0.5, 0.6) is 0 Å². The summed E-state index contributed by atoms with van der Waals surface area (Å²) in [6.07, 6.45) is 5.87. The molecule has 0 N–H and O–H groups in total. The van der Waals surface area contributed by atoms with Crippen molar-refractivity contribution in [3.63, 3.8) is 0 Å². The molecule has 5 nitrogen and oxygen atoms in total. The Morgan fingerprint density at radius 2 is 2.23 bits per heavy atom. The Balaban J connectivity index is 1.37. The first kappa shape index (κ1) is 18.0. The van der Waals surface area contributed by atoms with Gasteiger partial charge < -0.3 is 9.32 Å². The summed E-state index contributed by atoms with van der Waals surface area (Å²) >= 11 is 3.12. The van der Waals surface area contributed by atoms with Crippen molar-refractivity contribution in [2.45, 2.75) is 51.2 Å². The molecule has 2 atom stereocenters. The molecule has 0 spiro atoms. The molecule has 1 amide bonds. The molecule has 2 aromatic rings. The third-order valence-corrected chi connectivity index (χ3v) is 7.30. The van der Waals surface area contributed by atoms with Crippen LogP contribution in [0.2, 0.25) is 0 Å². The first-order valence-electron chi connectivity index (χ1n) is 9.44. The van der Waals surface area contributed by atoms with E-state index >= 15 is 0 Å². The minimum Gasteiger partial charge on any atom is -0.410 e. The van der Waals surface area contributed by atoms with Gasteiger partial charge in [-0.15, -0.1) is 21.5 Å². The number of hydrogen-bond donors (Lipinski definition) is 0. The third-order valence-electron chi connectivity index (χ3n) is 5.28. The summed E-state index contributed by atoms with van der Waals surface area (Å²) in [5.41, 5.74) is 1.44. The van der Waals surface area contributed by atoms with E-state index in [1.54, 1.807) is 11.3 Å². The van der Waals surface area contributed by atoms with Gasteiger partial charge in [-0.3, -0.25) is 4.79 Å². The molecule has 1 aliphatic heterocycles. The van der Waals surface area contributed by atoms with Crippen molar-refractivity contribution >= 4 is 29.0 Å². The van der Waals surface area contributed by atoms with Crippen LogP contribution in [0, 0.1) is 11.8 Å². The highest BCUT2D eigenvalue weighted by Gasteiger charge is 2.23. The first-order valence-corrected chi connectivity index (χ1v) is 11.2.